The van der Waals surface area contributed by atoms with E-state index in [1.54, 1.807) is 6.21 Å². The van der Waals surface area contributed by atoms with Gasteiger partial charge in [0, 0.05) is 0 Å². The van der Waals surface area contributed by atoms with Gasteiger partial charge in [0.05, 0.1) is 0 Å². The average molecular weight is 239 g/mol. The quantitative estimate of drug-likeness (QED) is 0.302. The molecule has 0 bridgehead atoms. The Morgan fingerprint density at radius 2 is 1.24 bits per heavy atom. The Kier molecular flexibility index (Phi) is 13.5. The van der Waals surface area contributed by atoms with Gasteiger partial charge < -0.3 is 5.41 Å². The second kappa shape index (κ2) is 13.7. The van der Waals surface area contributed by atoms with Crippen molar-refractivity contribution in [2.24, 2.45) is 5.92 Å². The molecule has 0 saturated heterocycles. The van der Waals surface area contributed by atoms with E-state index in [1.807, 2.05) is 0 Å². The van der Waals surface area contributed by atoms with Gasteiger partial charge >= 0.3 is 0 Å². The monoisotopic (exact) mass is 239 g/mol. The maximum atomic E-state index is 7.27. The summed E-state index contributed by atoms with van der Waals surface area (Å²) >= 11 is 0. The molecule has 0 rings (SSSR count). The summed E-state index contributed by atoms with van der Waals surface area (Å²) in [7, 11) is 0. The Bertz CT molecular complexity index is 154. The number of hydrogen-bond acceptors (Lipinski definition) is 1. The lowest BCUT2D eigenvalue weighted by atomic mass is 9.92. The van der Waals surface area contributed by atoms with Crippen LogP contribution in [0, 0.1) is 11.3 Å². The summed E-state index contributed by atoms with van der Waals surface area (Å²) in [4.78, 5) is 0. The predicted octanol–water partition coefficient (Wildman–Crippen LogP) is 5.97. The van der Waals surface area contributed by atoms with E-state index >= 15 is 0 Å². The molecule has 0 aromatic carbocycles. The Hall–Kier alpha value is -0.330. The van der Waals surface area contributed by atoms with Gasteiger partial charge in [-0.05, 0) is 18.6 Å². The maximum absolute atomic E-state index is 7.27. The van der Waals surface area contributed by atoms with Crippen LogP contribution in [0.25, 0.3) is 0 Å². The van der Waals surface area contributed by atoms with Crippen molar-refractivity contribution in [1.29, 1.82) is 5.41 Å². The van der Waals surface area contributed by atoms with Gasteiger partial charge in [0.25, 0.3) is 0 Å². The van der Waals surface area contributed by atoms with Crippen molar-refractivity contribution in [3.8, 4) is 0 Å². The molecule has 1 nitrogen and oxygen atoms in total. The molecule has 1 N–H and O–H groups in total. The zero-order valence-electron chi connectivity index (χ0n) is 12.1. The molecule has 102 valence electrons. The smallest absolute Gasteiger partial charge is 0.00450 e. The SMILES string of the molecule is CCCCCCCC(CC=N)CCCCCC. The molecule has 1 unspecified atom stereocenters. The lowest BCUT2D eigenvalue weighted by molar-refractivity contribution is 0.417. The summed E-state index contributed by atoms with van der Waals surface area (Å²) < 4.78 is 0. The normalized spacial score (nSPS) is 12.6. The van der Waals surface area contributed by atoms with E-state index in [-0.39, 0.29) is 0 Å². The number of nitrogens with one attached hydrogen (secondary N) is 1. The second-order valence-corrected chi connectivity index (χ2v) is 5.36. The van der Waals surface area contributed by atoms with Gasteiger partial charge in [-0.15, -0.1) is 0 Å². The van der Waals surface area contributed by atoms with Crippen LogP contribution in [0.5, 0.6) is 0 Å². The lowest BCUT2D eigenvalue weighted by Crippen LogP contribution is -2.01. The van der Waals surface area contributed by atoms with E-state index in [9.17, 15) is 0 Å². The molecule has 0 fully saturated rings. The number of unbranched alkanes of at least 4 members (excludes halogenated alkanes) is 7. The highest BCUT2D eigenvalue weighted by molar-refractivity contribution is 5.53. The zero-order valence-corrected chi connectivity index (χ0v) is 12.1. The van der Waals surface area contributed by atoms with Crippen LogP contribution in [0.3, 0.4) is 0 Å². The third-order valence-corrected chi connectivity index (χ3v) is 3.63. The van der Waals surface area contributed by atoms with Gasteiger partial charge in [0.2, 0.25) is 0 Å². The summed E-state index contributed by atoms with van der Waals surface area (Å²) in [5.41, 5.74) is 0. The first-order valence-corrected chi connectivity index (χ1v) is 7.84. The molecule has 0 aromatic heterocycles. The summed E-state index contributed by atoms with van der Waals surface area (Å²) in [5, 5.41) is 7.27. The molecular weight excluding hydrogens is 206 g/mol. The second-order valence-electron chi connectivity index (χ2n) is 5.36. The lowest BCUT2D eigenvalue weighted by Gasteiger charge is -2.14. The molecule has 0 aliphatic heterocycles. The van der Waals surface area contributed by atoms with Crippen molar-refractivity contribution < 1.29 is 0 Å². The van der Waals surface area contributed by atoms with Crippen LogP contribution < -0.4 is 0 Å². The van der Waals surface area contributed by atoms with Crippen LogP contribution in [-0.4, -0.2) is 6.21 Å². The molecule has 0 spiro atoms. The van der Waals surface area contributed by atoms with E-state index in [0.29, 0.717) is 0 Å². The zero-order chi connectivity index (χ0) is 12.8. The van der Waals surface area contributed by atoms with Crippen LogP contribution in [0.15, 0.2) is 0 Å². The standard InChI is InChI=1S/C16H33N/c1-3-5-7-9-11-13-16(14-15-17)12-10-8-6-4-2/h15-17H,3-14H2,1-2H3. The van der Waals surface area contributed by atoms with Crippen molar-refractivity contribution in [3.05, 3.63) is 0 Å². The van der Waals surface area contributed by atoms with Crippen molar-refractivity contribution in [3.63, 3.8) is 0 Å². The Morgan fingerprint density at radius 3 is 1.71 bits per heavy atom. The minimum absolute atomic E-state index is 0.797. The minimum atomic E-state index is 0.797. The number of rotatable bonds is 13. The molecular formula is C16H33N. The summed E-state index contributed by atoms with van der Waals surface area (Å²) in [6.07, 6.45) is 17.7. The molecule has 17 heavy (non-hydrogen) atoms. The van der Waals surface area contributed by atoms with Gasteiger partial charge in [-0.25, -0.2) is 0 Å². The van der Waals surface area contributed by atoms with Crippen LogP contribution in [0.1, 0.15) is 90.9 Å². The molecule has 0 amide bonds. The Balaban J connectivity index is 3.48. The van der Waals surface area contributed by atoms with Crippen LogP contribution in [-0.2, 0) is 0 Å². The molecule has 1 heteroatoms. The number of hydrogen-bond donors (Lipinski definition) is 1. The fourth-order valence-corrected chi connectivity index (χ4v) is 2.44. The van der Waals surface area contributed by atoms with Crippen molar-refractivity contribution in [1.82, 2.24) is 0 Å². The van der Waals surface area contributed by atoms with E-state index in [2.05, 4.69) is 13.8 Å². The maximum Gasteiger partial charge on any atom is -0.00450 e. The first kappa shape index (κ1) is 16.7. The van der Waals surface area contributed by atoms with Gasteiger partial charge in [0.1, 0.15) is 0 Å². The minimum Gasteiger partial charge on any atom is -0.313 e. The van der Waals surface area contributed by atoms with Gasteiger partial charge in [-0.3, -0.25) is 0 Å². The van der Waals surface area contributed by atoms with Crippen molar-refractivity contribution in [2.45, 2.75) is 90.9 Å². The Morgan fingerprint density at radius 1 is 0.765 bits per heavy atom. The largest absolute Gasteiger partial charge is 0.313 e. The van der Waals surface area contributed by atoms with Crippen molar-refractivity contribution >= 4 is 6.21 Å². The summed E-state index contributed by atoms with van der Waals surface area (Å²) in [5.74, 6) is 0.797. The molecule has 0 saturated carbocycles. The van der Waals surface area contributed by atoms with E-state index < -0.39 is 0 Å². The van der Waals surface area contributed by atoms with E-state index in [4.69, 9.17) is 5.41 Å². The molecule has 0 heterocycles. The topological polar surface area (TPSA) is 23.9 Å². The van der Waals surface area contributed by atoms with Crippen LogP contribution in [0.2, 0.25) is 0 Å². The average Bonchev–Trinajstić information content (AvgIpc) is 2.34. The summed E-state index contributed by atoms with van der Waals surface area (Å²) in [6, 6.07) is 0. The van der Waals surface area contributed by atoms with Crippen LogP contribution in [0.4, 0.5) is 0 Å². The van der Waals surface area contributed by atoms with Gasteiger partial charge in [-0.1, -0.05) is 84.5 Å². The van der Waals surface area contributed by atoms with Gasteiger partial charge in [0.15, 0.2) is 0 Å². The van der Waals surface area contributed by atoms with Crippen LogP contribution >= 0.6 is 0 Å². The molecule has 0 aromatic rings. The molecule has 0 radical (unpaired) electrons. The first-order chi connectivity index (χ1) is 8.35. The third kappa shape index (κ3) is 11.9. The third-order valence-electron chi connectivity index (χ3n) is 3.63. The fraction of sp³-hybridized carbons (Fsp3) is 0.938. The fourth-order valence-electron chi connectivity index (χ4n) is 2.44. The Labute approximate surface area is 109 Å². The predicted molar refractivity (Wildman–Crippen MR) is 79.0 cm³/mol. The first-order valence-electron chi connectivity index (χ1n) is 7.84. The van der Waals surface area contributed by atoms with E-state index in [0.717, 1.165) is 12.3 Å². The molecule has 0 aliphatic carbocycles. The van der Waals surface area contributed by atoms with E-state index in [1.165, 1.54) is 70.6 Å². The van der Waals surface area contributed by atoms with Gasteiger partial charge in [-0.2, -0.15) is 0 Å². The molecule has 1 atom stereocenters. The highest BCUT2D eigenvalue weighted by Crippen LogP contribution is 2.20. The molecule has 0 aliphatic rings. The highest BCUT2D eigenvalue weighted by atomic mass is 14.3. The highest BCUT2D eigenvalue weighted by Gasteiger charge is 2.06. The summed E-state index contributed by atoms with van der Waals surface area (Å²) in [6.45, 7) is 4.54. The van der Waals surface area contributed by atoms with Crippen molar-refractivity contribution in [2.75, 3.05) is 0 Å².